The highest BCUT2D eigenvalue weighted by molar-refractivity contribution is 6.01. The van der Waals surface area contributed by atoms with Crippen molar-refractivity contribution in [2.45, 2.75) is 25.0 Å². The van der Waals surface area contributed by atoms with E-state index in [1.54, 1.807) is 7.11 Å². The Kier molecular flexibility index (Phi) is 5.99. The third-order valence-corrected chi connectivity index (χ3v) is 5.24. The van der Waals surface area contributed by atoms with Gasteiger partial charge in [-0.05, 0) is 36.1 Å². The number of hydrogen-bond donors (Lipinski definition) is 0. The average molecular weight is 384 g/mol. The van der Waals surface area contributed by atoms with Gasteiger partial charge in [0, 0.05) is 0 Å². The zero-order valence-corrected chi connectivity index (χ0v) is 16.2. The molecule has 0 radical (unpaired) electrons. The number of rotatable bonds is 5. The van der Waals surface area contributed by atoms with Crippen LogP contribution in [0.4, 0.5) is 0 Å². The molecule has 28 heavy (non-hydrogen) atoms. The first-order valence-corrected chi connectivity index (χ1v) is 9.08. The van der Waals surface area contributed by atoms with E-state index in [0.29, 0.717) is 6.42 Å². The van der Waals surface area contributed by atoms with Gasteiger partial charge in [-0.3, -0.25) is 9.59 Å². The van der Waals surface area contributed by atoms with Gasteiger partial charge in [0.2, 0.25) is 0 Å². The molecule has 0 N–H and O–H groups in total. The summed E-state index contributed by atoms with van der Waals surface area (Å²) in [6.07, 6.45) is -0.379. The van der Waals surface area contributed by atoms with Crippen LogP contribution in [0.15, 0.2) is 54.6 Å². The molecule has 0 bridgehead atoms. The lowest BCUT2D eigenvalue weighted by atomic mass is 9.72. The summed E-state index contributed by atoms with van der Waals surface area (Å²) in [6.45, 7) is 0. The van der Waals surface area contributed by atoms with E-state index < -0.39 is 23.5 Å². The molecule has 1 fully saturated rings. The highest BCUT2D eigenvalue weighted by atomic mass is 16.6. The minimum absolute atomic E-state index is 0.253. The van der Waals surface area contributed by atoms with Crippen LogP contribution in [-0.2, 0) is 23.8 Å². The molecule has 2 aromatic carbocycles. The summed E-state index contributed by atoms with van der Waals surface area (Å²) in [5.41, 5.74) is 0.120. The fraction of sp³-hybridized carbons (Fsp3) is 0.364. The second-order valence-corrected chi connectivity index (χ2v) is 6.68. The van der Waals surface area contributed by atoms with E-state index in [0.717, 1.165) is 16.9 Å². The lowest BCUT2D eigenvalue weighted by Crippen LogP contribution is -2.49. The number of ether oxygens (including phenoxy) is 4. The predicted octanol–water partition coefficient (Wildman–Crippen LogP) is 3.62. The molecule has 0 unspecified atom stereocenters. The molecule has 1 aliphatic rings. The van der Waals surface area contributed by atoms with Crippen LogP contribution in [0, 0.1) is 5.41 Å². The lowest BCUT2D eigenvalue weighted by molar-refractivity contribution is -0.199. The van der Waals surface area contributed by atoms with Crippen molar-refractivity contribution in [3.63, 3.8) is 0 Å². The first kappa shape index (κ1) is 19.9. The molecule has 2 aromatic rings. The van der Waals surface area contributed by atoms with Crippen LogP contribution >= 0.6 is 0 Å². The summed E-state index contributed by atoms with van der Waals surface area (Å²) in [5, 5.41) is 0. The van der Waals surface area contributed by atoms with Gasteiger partial charge >= 0.3 is 11.9 Å². The number of carbonyl (C=O) groups excluding carboxylic acids is 2. The van der Waals surface area contributed by atoms with Crippen molar-refractivity contribution in [1.82, 2.24) is 0 Å². The topological polar surface area (TPSA) is 71.1 Å². The maximum atomic E-state index is 12.8. The molecule has 3 rings (SSSR count). The van der Waals surface area contributed by atoms with Gasteiger partial charge < -0.3 is 18.9 Å². The van der Waals surface area contributed by atoms with Gasteiger partial charge in [0.25, 0.3) is 0 Å². The number of benzene rings is 2. The molecule has 1 saturated heterocycles. The number of esters is 2. The minimum Gasteiger partial charge on any atom is -0.497 e. The molecule has 6 heteroatoms. The second kappa shape index (κ2) is 8.44. The monoisotopic (exact) mass is 384 g/mol. The first-order chi connectivity index (χ1) is 13.6. The van der Waals surface area contributed by atoms with Gasteiger partial charge in [-0.2, -0.15) is 0 Å². The molecule has 2 atom stereocenters. The Bertz CT molecular complexity index is 799. The highest BCUT2D eigenvalue weighted by Gasteiger charge is 2.58. The minimum atomic E-state index is -1.55. The Morgan fingerprint density at radius 3 is 2.04 bits per heavy atom. The number of carbonyl (C=O) groups is 2. The van der Waals surface area contributed by atoms with E-state index in [9.17, 15) is 9.59 Å². The molecule has 148 valence electrons. The maximum absolute atomic E-state index is 12.8. The van der Waals surface area contributed by atoms with E-state index in [1.807, 2.05) is 54.6 Å². The van der Waals surface area contributed by atoms with Crippen molar-refractivity contribution in [3.05, 3.63) is 65.7 Å². The Labute approximate surface area is 164 Å². The third-order valence-electron chi connectivity index (χ3n) is 5.24. The van der Waals surface area contributed by atoms with Crippen molar-refractivity contribution >= 4 is 11.9 Å². The van der Waals surface area contributed by atoms with Crippen LogP contribution in [0.25, 0.3) is 0 Å². The predicted molar refractivity (Wildman–Crippen MR) is 102 cm³/mol. The van der Waals surface area contributed by atoms with Crippen molar-refractivity contribution in [3.8, 4) is 5.75 Å². The van der Waals surface area contributed by atoms with E-state index in [2.05, 4.69) is 0 Å². The fourth-order valence-corrected chi connectivity index (χ4v) is 3.76. The van der Waals surface area contributed by atoms with Crippen LogP contribution in [0.1, 0.15) is 36.2 Å². The molecular weight excluding hydrogens is 360 g/mol. The molecule has 1 aliphatic heterocycles. The third kappa shape index (κ3) is 3.47. The van der Waals surface area contributed by atoms with Crippen LogP contribution in [0.2, 0.25) is 0 Å². The van der Waals surface area contributed by atoms with Crippen LogP contribution in [-0.4, -0.2) is 33.3 Å². The van der Waals surface area contributed by atoms with Crippen molar-refractivity contribution in [2.24, 2.45) is 5.41 Å². The lowest BCUT2D eigenvalue weighted by Gasteiger charge is -2.42. The highest BCUT2D eigenvalue weighted by Crippen LogP contribution is 2.51. The second-order valence-electron chi connectivity index (χ2n) is 6.68. The molecule has 0 aromatic heterocycles. The number of methoxy groups -OCH3 is 3. The molecule has 0 saturated carbocycles. The van der Waals surface area contributed by atoms with Gasteiger partial charge in [0.1, 0.15) is 11.9 Å². The SMILES string of the molecule is COC(=O)C1(C(=O)OC)CC[C@H](c2ccc(OC)cc2)O[C@@H]1c1ccccc1. The smallest absolute Gasteiger partial charge is 0.326 e. The zero-order valence-electron chi connectivity index (χ0n) is 16.2. The molecule has 0 aliphatic carbocycles. The zero-order chi connectivity index (χ0) is 20.1. The molecule has 6 nitrogen and oxygen atoms in total. The molecule has 0 amide bonds. The molecule has 1 heterocycles. The Balaban J connectivity index is 2.02. The Morgan fingerprint density at radius 1 is 0.893 bits per heavy atom. The van der Waals surface area contributed by atoms with Crippen molar-refractivity contribution in [2.75, 3.05) is 21.3 Å². The van der Waals surface area contributed by atoms with Gasteiger partial charge in [-0.1, -0.05) is 42.5 Å². The van der Waals surface area contributed by atoms with Gasteiger partial charge in [0.15, 0.2) is 5.41 Å². The standard InChI is InChI=1S/C22H24O6/c1-25-17-11-9-15(10-12-17)18-13-14-22(20(23)26-2,21(24)27-3)19(28-18)16-7-5-4-6-8-16/h4-12,18-19H,13-14H2,1-3H3/t18-,19-/m1/s1. The van der Waals surface area contributed by atoms with E-state index in [1.165, 1.54) is 14.2 Å². The Morgan fingerprint density at radius 2 is 1.50 bits per heavy atom. The van der Waals surface area contributed by atoms with Crippen LogP contribution in [0.5, 0.6) is 5.75 Å². The van der Waals surface area contributed by atoms with E-state index >= 15 is 0 Å². The molecule has 0 spiro atoms. The Hall–Kier alpha value is -2.86. The average Bonchev–Trinajstić information content (AvgIpc) is 2.78. The van der Waals surface area contributed by atoms with Crippen LogP contribution in [0.3, 0.4) is 0 Å². The number of hydrogen-bond acceptors (Lipinski definition) is 6. The maximum Gasteiger partial charge on any atom is 0.326 e. The van der Waals surface area contributed by atoms with Gasteiger partial charge in [0.05, 0.1) is 27.4 Å². The summed E-state index contributed by atoms with van der Waals surface area (Å²) in [4.78, 5) is 25.6. The fourth-order valence-electron chi connectivity index (χ4n) is 3.76. The van der Waals surface area contributed by atoms with Crippen LogP contribution < -0.4 is 4.74 Å². The van der Waals surface area contributed by atoms with Gasteiger partial charge in [-0.25, -0.2) is 0 Å². The quantitative estimate of drug-likeness (QED) is 0.579. The normalized spacial score (nSPS) is 20.8. The van der Waals surface area contributed by atoms with Gasteiger partial charge in [-0.15, -0.1) is 0 Å². The van der Waals surface area contributed by atoms with Crippen molar-refractivity contribution in [1.29, 1.82) is 0 Å². The largest absolute Gasteiger partial charge is 0.497 e. The summed E-state index contributed by atoms with van der Waals surface area (Å²) >= 11 is 0. The van der Waals surface area contributed by atoms with Crippen molar-refractivity contribution < 1.29 is 28.5 Å². The first-order valence-electron chi connectivity index (χ1n) is 9.08. The van der Waals surface area contributed by atoms with E-state index in [4.69, 9.17) is 18.9 Å². The molecular formula is C22H24O6. The van der Waals surface area contributed by atoms with E-state index in [-0.39, 0.29) is 12.5 Å². The summed E-state index contributed by atoms with van der Waals surface area (Å²) in [7, 11) is 4.15. The summed E-state index contributed by atoms with van der Waals surface area (Å²) < 4.78 is 21.6. The summed E-state index contributed by atoms with van der Waals surface area (Å²) in [6, 6.07) is 16.8. The summed E-state index contributed by atoms with van der Waals surface area (Å²) in [5.74, 6) is -0.555.